The molecule has 11 heteroatoms. The Morgan fingerprint density at radius 2 is 1.89 bits per heavy atom. The molecule has 9 nitrogen and oxygen atoms in total. The standard InChI is InChI=1S/C17H17N5O4S2/c1-18-28(26)14-4-2-10(3-5-14)11-6-12(8-13(7-11)22-25)16-19-17(21-20-16)27-9-15(23)24/h2-8,18,22,25H,9H2,1H3,(H,23,24)(H,19,20,21). The van der Waals surface area contributed by atoms with Crippen LogP contribution in [0.15, 0.2) is 52.5 Å². The molecule has 3 rings (SSSR count). The number of carboxylic acid groups (broad SMARTS) is 1. The van der Waals surface area contributed by atoms with Gasteiger partial charge in [-0.15, -0.1) is 5.10 Å². The first-order valence-electron chi connectivity index (χ1n) is 8.02. The number of nitrogens with one attached hydrogen (secondary N) is 3. The topological polar surface area (TPSA) is 140 Å². The second-order valence-corrected chi connectivity index (χ2v) is 7.92. The zero-order valence-electron chi connectivity index (χ0n) is 14.7. The maximum atomic E-state index is 11.8. The van der Waals surface area contributed by atoms with Crippen LogP contribution in [-0.2, 0) is 15.8 Å². The van der Waals surface area contributed by atoms with Crippen molar-refractivity contribution in [3.05, 3.63) is 42.5 Å². The molecule has 0 fully saturated rings. The molecule has 0 radical (unpaired) electrons. The van der Waals surface area contributed by atoms with Gasteiger partial charge in [0.25, 0.3) is 0 Å². The number of carboxylic acids is 1. The van der Waals surface area contributed by atoms with Gasteiger partial charge < -0.3 is 5.11 Å². The Hall–Kier alpha value is -2.73. The summed E-state index contributed by atoms with van der Waals surface area (Å²) in [5.74, 6) is -0.645. The highest BCUT2D eigenvalue weighted by Crippen LogP contribution is 2.30. The number of nitrogens with zero attached hydrogens (tertiary/aromatic N) is 2. The summed E-state index contributed by atoms with van der Waals surface area (Å²) >= 11 is 1.01. The molecule has 1 atom stereocenters. The van der Waals surface area contributed by atoms with Crippen molar-refractivity contribution in [2.45, 2.75) is 10.1 Å². The van der Waals surface area contributed by atoms with Crippen molar-refractivity contribution in [1.82, 2.24) is 19.9 Å². The third kappa shape index (κ3) is 4.75. The van der Waals surface area contributed by atoms with Gasteiger partial charge >= 0.3 is 5.97 Å². The summed E-state index contributed by atoms with van der Waals surface area (Å²) < 4.78 is 14.5. The molecular weight excluding hydrogens is 402 g/mol. The zero-order chi connectivity index (χ0) is 20.1. The van der Waals surface area contributed by atoms with Crippen LogP contribution in [0.4, 0.5) is 5.69 Å². The van der Waals surface area contributed by atoms with E-state index in [0.29, 0.717) is 27.1 Å². The molecule has 5 N–H and O–H groups in total. The molecule has 0 aliphatic heterocycles. The van der Waals surface area contributed by atoms with Crippen LogP contribution < -0.4 is 10.2 Å². The van der Waals surface area contributed by atoms with Gasteiger partial charge in [-0.2, -0.15) is 0 Å². The summed E-state index contributed by atoms with van der Waals surface area (Å²) in [7, 11) is 0.350. The molecule has 0 saturated heterocycles. The number of thioether (sulfide) groups is 1. The minimum atomic E-state index is -1.27. The lowest BCUT2D eigenvalue weighted by Gasteiger charge is -2.09. The van der Waals surface area contributed by atoms with Gasteiger partial charge in [-0.25, -0.2) is 13.9 Å². The van der Waals surface area contributed by atoms with E-state index in [-0.39, 0.29) is 5.75 Å². The van der Waals surface area contributed by atoms with Crippen LogP contribution in [0.3, 0.4) is 0 Å². The van der Waals surface area contributed by atoms with Gasteiger partial charge in [0.2, 0.25) is 5.16 Å². The van der Waals surface area contributed by atoms with Gasteiger partial charge in [-0.1, -0.05) is 23.9 Å². The normalized spacial score (nSPS) is 11.9. The Labute approximate surface area is 167 Å². The van der Waals surface area contributed by atoms with Crippen molar-refractivity contribution in [1.29, 1.82) is 0 Å². The van der Waals surface area contributed by atoms with E-state index in [1.165, 1.54) is 0 Å². The second kappa shape index (κ2) is 8.97. The number of rotatable bonds is 8. The molecule has 28 heavy (non-hydrogen) atoms. The van der Waals surface area contributed by atoms with E-state index < -0.39 is 17.0 Å². The summed E-state index contributed by atoms with van der Waals surface area (Å²) in [6.45, 7) is 0. The Morgan fingerprint density at radius 1 is 1.18 bits per heavy atom. The minimum Gasteiger partial charge on any atom is -0.481 e. The Morgan fingerprint density at radius 3 is 2.54 bits per heavy atom. The molecule has 0 aliphatic carbocycles. The summed E-state index contributed by atoms with van der Waals surface area (Å²) in [5.41, 5.74) is 4.89. The lowest BCUT2D eigenvalue weighted by molar-refractivity contribution is -0.133. The SMILES string of the molecule is CNS(=O)c1ccc(-c2cc(NO)cc(-c3nc(SCC(=O)O)n[nH]3)c2)cc1. The third-order valence-electron chi connectivity index (χ3n) is 3.71. The maximum Gasteiger partial charge on any atom is 0.313 e. The van der Waals surface area contributed by atoms with E-state index in [2.05, 4.69) is 25.4 Å². The number of aliphatic carboxylic acids is 1. The predicted octanol–water partition coefficient (Wildman–Crippen LogP) is 2.36. The van der Waals surface area contributed by atoms with Gasteiger partial charge in [0.05, 0.1) is 16.3 Å². The van der Waals surface area contributed by atoms with Crippen LogP contribution in [0.25, 0.3) is 22.5 Å². The summed E-state index contributed by atoms with van der Waals surface area (Å²) in [6.07, 6.45) is 0. The summed E-state index contributed by atoms with van der Waals surface area (Å²) in [6, 6.07) is 12.5. The molecule has 0 amide bonds. The van der Waals surface area contributed by atoms with Crippen LogP contribution in [0.2, 0.25) is 0 Å². The predicted molar refractivity (Wildman–Crippen MR) is 106 cm³/mol. The maximum absolute atomic E-state index is 11.8. The smallest absolute Gasteiger partial charge is 0.313 e. The van der Waals surface area contributed by atoms with Gasteiger partial charge in [0.15, 0.2) is 5.82 Å². The molecule has 3 aromatic rings. The summed E-state index contributed by atoms with van der Waals surface area (Å²) in [4.78, 5) is 15.6. The number of aromatic nitrogens is 3. The highest BCUT2D eigenvalue weighted by Gasteiger charge is 2.11. The second-order valence-electron chi connectivity index (χ2n) is 5.56. The number of aromatic amines is 1. The van der Waals surface area contributed by atoms with Gasteiger partial charge in [0.1, 0.15) is 11.0 Å². The van der Waals surface area contributed by atoms with Crippen LogP contribution in [0, 0.1) is 0 Å². The number of H-pyrrole nitrogens is 1. The van der Waals surface area contributed by atoms with E-state index in [1.54, 1.807) is 31.3 Å². The minimum absolute atomic E-state index is 0.138. The average molecular weight is 419 g/mol. The number of hydrogen-bond acceptors (Lipinski definition) is 7. The number of anilines is 1. The van der Waals surface area contributed by atoms with E-state index in [4.69, 9.17) is 5.11 Å². The van der Waals surface area contributed by atoms with E-state index in [1.807, 2.05) is 18.2 Å². The number of carbonyl (C=O) groups is 1. The highest BCUT2D eigenvalue weighted by atomic mass is 32.2. The van der Waals surface area contributed by atoms with E-state index >= 15 is 0 Å². The molecule has 2 aromatic carbocycles. The zero-order valence-corrected chi connectivity index (χ0v) is 16.3. The third-order valence-corrected chi connectivity index (χ3v) is 5.62. The highest BCUT2D eigenvalue weighted by molar-refractivity contribution is 7.99. The van der Waals surface area contributed by atoms with E-state index in [0.717, 1.165) is 22.9 Å². The van der Waals surface area contributed by atoms with Crippen molar-refractivity contribution >= 4 is 34.4 Å². The monoisotopic (exact) mass is 419 g/mol. The molecule has 146 valence electrons. The van der Waals surface area contributed by atoms with Crippen molar-refractivity contribution in [2.75, 3.05) is 18.3 Å². The fourth-order valence-corrected chi connectivity index (χ4v) is 3.59. The quantitative estimate of drug-likeness (QED) is 0.277. The van der Waals surface area contributed by atoms with Crippen molar-refractivity contribution in [3.63, 3.8) is 0 Å². The van der Waals surface area contributed by atoms with Gasteiger partial charge in [-0.05, 0) is 48.5 Å². The number of benzene rings is 2. The molecule has 0 bridgehead atoms. The molecule has 0 saturated carbocycles. The van der Waals surface area contributed by atoms with Crippen LogP contribution in [0.5, 0.6) is 0 Å². The lowest BCUT2D eigenvalue weighted by atomic mass is 10.0. The molecule has 1 aromatic heterocycles. The lowest BCUT2D eigenvalue weighted by Crippen LogP contribution is -2.10. The Bertz CT molecular complexity index is 1010. The fraction of sp³-hybridized carbons (Fsp3) is 0.118. The van der Waals surface area contributed by atoms with Gasteiger partial charge in [0, 0.05) is 5.56 Å². The fourth-order valence-electron chi connectivity index (χ4n) is 2.45. The first-order chi connectivity index (χ1) is 13.5. The molecule has 1 heterocycles. The van der Waals surface area contributed by atoms with Crippen molar-refractivity contribution in [2.24, 2.45) is 0 Å². The van der Waals surface area contributed by atoms with Crippen LogP contribution in [-0.4, -0.2) is 48.5 Å². The summed E-state index contributed by atoms with van der Waals surface area (Å²) in [5, 5.41) is 25.2. The van der Waals surface area contributed by atoms with Crippen LogP contribution in [0.1, 0.15) is 0 Å². The van der Waals surface area contributed by atoms with E-state index in [9.17, 15) is 14.2 Å². The van der Waals surface area contributed by atoms with Gasteiger partial charge in [-0.3, -0.25) is 20.6 Å². The molecule has 0 aliphatic rings. The molecular formula is C17H17N5O4S2. The Balaban J connectivity index is 1.92. The first kappa shape index (κ1) is 20.0. The Kier molecular flexibility index (Phi) is 6.41. The molecule has 0 spiro atoms. The molecule has 1 unspecified atom stereocenters. The average Bonchev–Trinajstić information content (AvgIpc) is 3.20. The first-order valence-corrected chi connectivity index (χ1v) is 10.2. The largest absolute Gasteiger partial charge is 0.481 e. The van der Waals surface area contributed by atoms with Crippen molar-refractivity contribution < 1.29 is 19.3 Å². The van der Waals surface area contributed by atoms with Crippen LogP contribution >= 0.6 is 11.8 Å². The van der Waals surface area contributed by atoms with Crippen molar-refractivity contribution in [3.8, 4) is 22.5 Å². The number of hydrogen-bond donors (Lipinski definition) is 5.